The van der Waals surface area contributed by atoms with Crippen LogP contribution in [0.1, 0.15) is 5.69 Å². The average Bonchev–Trinajstić information content (AvgIpc) is 3.09. The summed E-state index contributed by atoms with van der Waals surface area (Å²) in [4.78, 5) is 4.71. The third-order valence-electron chi connectivity index (χ3n) is 3.50. The van der Waals surface area contributed by atoms with E-state index < -0.39 is 0 Å². The lowest BCUT2D eigenvalue weighted by Gasteiger charge is -2.04. The second-order valence-corrected chi connectivity index (χ2v) is 4.83. The van der Waals surface area contributed by atoms with Crippen LogP contribution in [-0.2, 0) is 6.54 Å². The Morgan fingerprint density at radius 3 is 2.86 bits per heavy atom. The number of benzene rings is 1. The van der Waals surface area contributed by atoms with E-state index in [1.54, 1.807) is 4.68 Å². The molecule has 6 heteroatoms. The summed E-state index contributed by atoms with van der Waals surface area (Å²) in [5, 5.41) is 11.7. The Morgan fingerprint density at radius 1 is 1.10 bits per heavy atom. The van der Waals surface area contributed by atoms with Crippen molar-refractivity contribution in [3.05, 3.63) is 54.4 Å². The van der Waals surface area contributed by atoms with Crippen molar-refractivity contribution in [1.82, 2.24) is 29.7 Å². The van der Waals surface area contributed by atoms with Gasteiger partial charge in [0.25, 0.3) is 0 Å². The fourth-order valence-electron chi connectivity index (χ4n) is 2.56. The number of hydrogen-bond donors (Lipinski definition) is 1. The molecule has 0 fully saturated rings. The van der Waals surface area contributed by atoms with E-state index in [9.17, 15) is 0 Å². The third-order valence-corrected chi connectivity index (χ3v) is 3.50. The topological polar surface area (TPSA) is 60.0 Å². The monoisotopic (exact) mass is 278 g/mol. The number of para-hydroxylation sites is 1. The molecule has 4 rings (SSSR count). The quantitative estimate of drug-likeness (QED) is 0.620. The van der Waals surface area contributed by atoms with Gasteiger partial charge in [0, 0.05) is 12.7 Å². The highest BCUT2D eigenvalue weighted by molar-refractivity contribution is 5.76. The summed E-state index contributed by atoms with van der Waals surface area (Å²) in [5.41, 5.74) is 3.78. The highest BCUT2D eigenvalue weighted by Gasteiger charge is 2.16. The molecule has 0 aliphatic rings. The van der Waals surface area contributed by atoms with E-state index in [1.165, 1.54) is 0 Å². The Balaban J connectivity index is 2.03. The number of nitrogens with zero attached hydrogens (tertiary/aromatic N) is 5. The highest BCUT2D eigenvalue weighted by Crippen LogP contribution is 2.20. The van der Waals surface area contributed by atoms with Crippen LogP contribution in [0.25, 0.3) is 22.5 Å². The van der Waals surface area contributed by atoms with Gasteiger partial charge in [0.1, 0.15) is 11.2 Å². The summed E-state index contributed by atoms with van der Waals surface area (Å²) in [6, 6.07) is 13.9. The molecule has 1 N–H and O–H groups in total. The van der Waals surface area contributed by atoms with Crippen LogP contribution in [0.15, 0.2) is 48.7 Å². The Morgan fingerprint density at radius 2 is 1.95 bits per heavy atom. The van der Waals surface area contributed by atoms with Gasteiger partial charge in [-0.15, -0.1) is 5.10 Å². The summed E-state index contributed by atoms with van der Waals surface area (Å²) < 4.78 is 3.87. The van der Waals surface area contributed by atoms with Crippen molar-refractivity contribution in [1.29, 1.82) is 0 Å². The van der Waals surface area contributed by atoms with E-state index >= 15 is 0 Å². The van der Waals surface area contributed by atoms with Crippen molar-refractivity contribution in [2.45, 2.75) is 6.54 Å². The smallest absolute Gasteiger partial charge is 0.179 e. The second-order valence-electron chi connectivity index (χ2n) is 4.83. The van der Waals surface area contributed by atoms with Crippen LogP contribution >= 0.6 is 0 Å². The molecule has 0 aliphatic carbocycles. The van der Waals surface area contributed by atoms with Gasteiger partial charge in [-0.1, -0.05) is 23.4 Å². The number of nitrogens with one attached hydrogen (secondary N) is 1. The number of fused-ring (bicyclic) bond motifs is 2. The van der Waals surface area contributed by atoms with Crippen molar-refractivity contribution in [3.63, 3.8) is 0 Å². The molecule has 6 nitrogen and oxygen atoms in total. The van der Waals surface area contributed by atoms with Gasteiger partial charge in [-0.05, 0) is 31.3 Å². The molecule has 21 heavy (non-hydrogen) atoms. The van der Waals surface area contributed by atoms with Crippen LogP contribution in [0.4, 0.5) is 0 Å². The minimum atomic E-state index is 0.703. The number of hydrogen-bond acceptors (Lipinski definition) is 4. The van der Waals surface area contributed by atoms with Gasteiger partial charge in [-0.25, -0.2) is 4.98 Å². The van der Waals surface area contributed by atoms with E-state index in [-0.39, 0.29) is 0 Å². The molecule has 3 aromatic heterocycles. The largest absolute Gasteiger partial charge is 0.314 e. The first-order valence-electron chi connectivity index (χ1n) is 6.80. The lowest BCUT2D eigenvalue weighted by Crippen LogP contribution is -2.11. The van der Waals surface area contributed by atoms with E-state index in [1.807, 2.05) is 55.7 Å². The lowest BCUT2D eigenvalue weighted by molar-refractivity contribution is 0.745. The first-order chi connectivity index (χ1) is 10.4. The minimum Gasteiger partial charge on any atom is -0.314 e. The van der Waals surface area contributed by atoms with Crippen LogP contribution in [0.2, 0.25) is 0 Å². The van der Waals surface area contributed by atoms with Crippen molar-refractivity contribution < 1.29 is 0 Å². The van der Waals surface area contributed by atoms with E-state index in [0.717, 1.165) is 28.2 Å². The van der Waals surface area contributed by atoms with Gasteiger partial charge in [-0.3, -0.25) is 0 Å². The molecule has 3 heterocycles. The molecule has 104 valence electrons. The van der Waals surface area contributed by atoms with Crippen LogP contribution in [0.5, 0.6) is 0 Å². The van der Waals surface area contributed by atoms with Gasteiger partial charge in [0.2, 0.25) is 0 Å². The van der Waals surface area contributed by atoms with Crippen molar-refractivity contribution in [3.8, 4) is 5.82 Å². The maximum absolute atomic E-state index is 4.71. The standard InChI is InChI=1S/C15H14N6/c1-16-10-13-15(17-14-8-4-5-9-20(13)14)21-12-7-3-2-6-11(12)18-19-21/h2-9,16H,10H2,1H3. The average molecular weight is 278 g/mol. The zero-order chi connectivity index (χ0) is 14.2. The third kappa shape index (κ3) is 1.80. The van der Waals surface area contributed by atoms with Crippen molar-refractivity contribution >= 4 is 16.7 Å². The summed E-state index contributed by atoms with van der Waals surface area (Å²) in [5.74, 6) is 0.809. The molecule has 0 atom stereocenters. The molecule has 1 aromatic carbocycles. The first kappa shape index (κ1) is 12.0. The normalized spacial score (nSPS) is 11.5. The summed E-state index contributed by atoms with van der Waals surface area (Å²) in [7, 11) is 1.92. The molecular formula is C15H14N6. The molecule has 0 spiro atoms. The number of pyridine rings is 1. The predicted molar refractivity (Wildman–Crippen MR) is 80.4 cm³/mol. The van der Waals surface area contributed by atoms with Gasteiger partial charge in [-0.2, -0.15) is 4.68 Å². The van der Waals surface area contributed by atoms with Gasteiger partial charge in [0.05, 0.1) is 11.2 Å². The predicted octanol–water partition coefficient (Wildman–Crippen LogP) is 1.79. The maximum atomic E-state index is 4.71. The van der Waals surface area contributed by atoms with Crippen LogP contribution < -0.4 is 5.32 Å². The summed E-state index contributed by atoms with van der Waals surface area (Å²) in [6.07, 6.45) is 2.01. The van der Waals surface area contributed by atoms with Crippen molar-refractivity contribution in [2.24, 2.45) is 0 Å². The molecule has 0 amide bonds. The minimum absolute atomic E-state index is 0.703. The van der Waals surface area contributed by atoms with Gasteiger partial charge in [0.15, 0.2) is 5.82 Å². The number of aromatic nitrogens is 5. The van der Waals surface area contributed by atoms with Gasteiger partial charge < -0.3 is 9.72 Å². The summed E-state index contributed by atoms with van der Waals surface area (Å²) in [6.45, 7) is 0.703. The van der Waals surface area contributed by atoms with E-state index in [2.05, 4.69) is 20.0 Å². The fraction of sp³-hybridized carbons (Fsp3) is 0.133. The highest BCUT2D eigenvalue weighted by atomic mass is 15.5. The molecule has 0 saturated heterocycles. The molecule has 4 aromatic rings. The SMILES string of the molecule is CNCc1c(-n2nnc3ccccc32)nc2ccccn12. The Bertz CT molecular complexity index is 920. The first-order valence-corrected chi connectivity index (χ1v) is 6.80. The molecule has 0 radical (unpaired) electrons. The number of imidazole rings is 1. The Labute approximate surface area is 121 Å². The fourth-order valence-corrected chi connectivity index (χ4v) is 2.56. The van der Waals surface area contributed by atoms with Gasteiger partial charge >= 0.3 is 0 Å². The maximum Gasteiger partial charge on any atom is 0.179 e. The zero-order valence-corrected chi connectivity index (χ0v) is 11.6. The second kappa shape index (κ2) is 4.68. The van der Waals surface area contributed by atoms with Crippen molar-refractivity contribution in [2.75, 3.05) is 7.05 Å². The van der Waals surface area contributed by atoms with E-state index in [4.69, 9.17) is 4.98 Å². The van der Waals surface area contributed by atoms with Crippen LogP contribution in [0.3, 0.4) is 0 Å². The summed E-state index contributed by atoms with van der Waals surface area (Å²) >= 11 is 0. The lowest BCUT2D eigenvalue weighted by atomic mass is 10.3. The number of rotatable bonds is 3. The van der Waals surface area contributed by atoms with Crippen LogP contribution in [-0.4, -0.2) is 31.4 Å². The zero-order valence-electron chi connectivity index (χ0n) is 11.6. The Hall–Kier alpha value is -2.73. The Kier molecular flexibility index (Phi) is 2.68. The molecule has 0 aliphatic heterocycles. The molecular weight excluding hydrogens is 264 g/mol. The van der Waals surface area contributed by atoms with Crippen LogP contribution in [0, 0.1) is 0 Å². The molecule has 0 bridgehead atoms. The van der Waals surface area contributed by atoms with E-state index in [0.29, 0.717) is 6.54 Å². The molecule has 0 unspecified atom stereocenters. The molecule has 0 saturated carbocycles.